The van der Waals surface area contributed by atoms with E-state index in [1.165, 1.54) is 0 Å². The van der Waals surface area contributed by atoms with E-state index in [1.807, 2.05) is 0 Å². The Morgan fingerprint density at radius 2 is 1.65 bits per heavy atom. The third-order valence-electron chi connectivity index (χ3n) is 3.76. The molecule has 1 aromatic heterocycles. The van der Waals surface area contributed by atoms with Gasteiger partial charge in [0, 0.05) is 19.3 Å². The van der Waals surface area contributed by atoms with Crippen molar-refractivity contribution in [3.8, 4) is 6.07 Å². The monoisotopic (exact) mass is 465 g/mol. The van der Waals surface area contributed by atoms with E-state index >= 15 is 0 Å². The van der Waals surface area contributed by atoms with Crippen LogP contribution in [0.15, 0.2) is 30.5 Å². The summed E-state index contributed by atoms with van der Waals surface area (Å²) in [4.78, 5) is 15.2. The molecule has 2 rings (SSSR count). The molecule has 0 fully saturated rings. The van der Waals surface area contributed by atoms with Crippen LogP contribution in [0.4, 0.5) is 43.5 Å². The Morgan fingerprint density at radius 3 is 2.23 bits per heavy atom. The molecule has 166 valence electrons. The SMILES string of the molecule is N#CCC(=O)Nc1cc(C(F)(F)F)ccc1NCCNc1ncc(C(F)(F)F)cc1Cl. The highest BCUT2D eigenvalue weighted by molar-refractivity contribution is 6.32. The maximum atomic E-state index is 12.9. The van der Waals surface area contributed by atoms with Crippen molar-refractivity contribution in [1.82, 2.24) is 4.98 Å². The van der Waals surface area contributed by atoms with Crippen molar-refractivity contribution in [2.45, 2.75) is 18.8 Å². The van der Waals surface area contributed by atoms with Crippen LogP contribution in [0.2, 0.25) is 5.02 Å². The van der Waals surface area contributed by atoms with E-state index in [-0.39, 0.29) is 35.3 Å². The highest BCUT2D eigenvalue weighted by atomic mass is 35.5. The van der Waals surface area contributed by atoms with Crippen LogP contribution in [0, 0.1) is 11.3 Å². The molecule has 0 aliphatic heterocycles. The van der Waals surface area contributed by atoms with Crippen LogP contribution in [0.5, 0.6) is 0 Å². The van der Waals surface area contributed by atoms with Crippen LogP contribution in [0.3, 0.4) is 0 Å². The highest BCUT2D eigenvalue weighted by Crippen LogP contribution is 2.34. The molecule has 31 heavy (non-hydrogen) atoms. The second-order valence-corrected chi connectivity index (χ2v) is 6.45. The lowest BCUT2D eigenvalue weighted by Gasteiger charge is -2.16. The number of benzene rings is 1. The van der Waals surface area contributed by atoms with Crippen molar-refractivity contribution >= 4 is 34.7 Å². The van der Waals surface area contributed by atoms with E-state index in [0.29, 0.717) is 12.3 Å². The lowest BCUT2D eigenvalue weighted by Crippen LogP contribution is -2.18. The van der Waals surface area contributed by atoms with Gasteiger partial charge in [-0.15, -0.1) is 0 Å². The van der Waals surface area contributed by atoms with E-state index in [9.17, 15) is 31.1 Å². The highest BCUT2D eigenvalue weighted by Gasteiger charge is 2.32. The van der Waals surface area contributed by atoms with Crippen molar-refractivity contribution in [3.63, 3.8) is 0 Å². The van der Waals surface area contributed by atoms with Gasteiger partial charge >= 0.3 is 12.4 Å². The summed E-state index contributed by atoms with van der Waals surface area (Å²) in [5, 5.41) is 16.0. The Kier molecular flexibility index (Phi) is 7.56. The first-order valence-electron chi connectivity index (χ1n) is 8.50. The number of pyridine rings is 1. The van der Waals surface area contributed by atoms with Gasteiger partial charge in [-0.2, -0.15) is 31.6 Å². The van der Waals surface area contributed by atoms with Crippen LogP contribution in [-0.2, 0) is 17.1 Å². The average molecular weight is 466 g/mol. The van der Waals surface area contributed by atoms with Gasteiger partial charge in [-0.05, 0) is 24.3 Å². The number of carbonyl (C=O) groups is 1. The Labute approximate surface area is 177 Å². The molecule has 1 heterocycles. The molecule has 0 spiro atoms. The predicted molar refractivity (Wildman–Crippen MR) is 102 cm³/mol. The van der Waals surface area contributed by atoms with Gasteiger partial charge in [0.15, 0.2) is 0 Å². The number of nitrogens with one attached hydrogen (secondary N) is 3. The van der Waals surface area contributed by atoms with Crippen LogP contribution in [0.1, 0.15) is 17.5 Å². The average Bonchev–Trinajstić information content (AvgIpc) is 2.65. The molecule has 0 radical (unpaired) electrons. The molecule has 0 bridgehead atoms. The number of carbonyl (C=O) groups excluding carboxylic acids is 1. The van der Waals surface area contributed by atoms with Crippen molar-refractivity contribution in [3.05, 3.63) is 46.6 Å². The number of anilines is 3. The van der Waals surface area contributed by atoms with Gasteiger partial charge < -0.3 is 16.0 Å². The Bertz CT molecular complexity index is 987. The first kappa shape index (κ1) is 24.1. The van der Waals surface area contributed by atoms with Gasteiger partial charge in [0.2, 0.25) is 5.91 Å². The minimum Gasteiger partial charge on any atom is -0.382 e. The first-order valence-corrected chi connectivity index (χ1v) is 8.88. The van der Waals surface area contributed by atoms with Gasteiger partial charge in [0.05, 0.1) is 33.6 Å². The molecule has 0 aliphatic rings. The van der Waals surface area contributed by atoms with E-state index < -0.39 is 35.8 Å². The van der Waals surface area contributed by atoms with Gasteiger partial charge in [0.25, 0.3) is 0 Å². The lowest BCUT2D eigenvalue weighted by atomic mass is 10.1. The van der Waals surface area contributed by atoms with Gasteiger partial charge in [0.1, 0.15) is 12.2 Å². The number of halogens is 7. The summed E-state index contributed by atoms with van der Waals surface area (Å²) < 4.78 is 76.7. The smallest absolute Gasteiger partial charge is 0.382 e. The number of alkyl halides is 6. The van der Waals surface area contributed by atoms with Gasteiger partial charge in [-0.1, -0.05) is 11.6 Å². The zero-order valence-corrected chi connectivity index (χ0v) is 16.2. The molecule has 0 atom stereocenters. The number of rotatable bonds is 7. The molecule has 0 aliphatic carbocycles. The fourth-order valence-electron chi connectivity index (χ4n) is 2.35. The summed E-state index contributed by atoms with van der Waals surface area (Å²) in [6.45, 7) is 0.177. The predicted octanol–water partition coefficient (Wildman–Crippen LogP) is 5.15. The van der Waals surface area contributed by atoms with E-state index in [1.54, 1.807) is 6.07 Å². The molecular weight excluding hydrogens is 452 g/mol. The standard InChI is InChI=1S/C18H14ClF6N5O/c19-12-7-11(18(23,24)25)9-29-16(12)28-6-5-27-13-2-1-10(17(20,21)22)8-14(13)30-15(31)3-4-26/h1-2,7-9,27H,3,5-6H2,(H,28,29)(H,30,31). The number of hydrogen-bond donors (Lipinski definition) is 3. The molecule has 2 aromatic rings. The molecule has 0 unspecified atom stereocenters. The normalized spacial score (nSPS) is 11.5. The second kappa shape index (κ2) is 9.74. The van der Waals surface area contributed by atoms with Crippen molar-refractivity contribution in [1.29, 1.82) is 5.26 Å². The molecule has 1 aromatic carbocycles. The Hall–Kier alpha value is -3.20. The quantitative estimate of drug-likeness (QED) is 0.389. The molecule has 3 N–H and O–H groups in total. The number of nitrogens with zero attached hydrogens (tertiary/aromatic N) is 2. The minimum absolute atomic E-state index is 0.00793. The topological polar surface area (TPSA) is 89.8 Å². The zero-order valence-electron chi connectivity index (χ0n) is 15.5. The first-order chi connectivity index (χ1) is 14.4. The van der Waals surface area contributed by atoms with Gasteiger partial charge in [-0.3, -0.25) is 4.79 Å². The molecular formula is C18H14ClF6N5O. The third kappa shape index (κ3) is 6.92. The molecule has 13 heteroatoms. The van der Waals surface area contributed by atoms with Crippen LogP contribution >= 0.6 is 11.6 Å². The third-order valence-corrected chi connectivity index (χ3v) is 4.05. The maximum Gasteiger partial charge on any atom is 0.417 e. The molecule has 1 amide bonds. The van der Waals surface area contributed by atoms with Crippen molar-refractivity contribution < 1.29 is 31.1 Å². The summed E-state index contributed by atoms with van der Waals surface area (Å²) >= 11 is 5.78. The number of nitriles is 1. The van der Waals surface area contributed by atoms with E-state index in [0.717, 1.165) is 18.2 Å². The lowest BCUT2D eigenvalue weighted by molar-refractivity contribution is -0.138. The van der Waals surface area contributed by atoms with Crippen LogP contribution in [-0.4, -0.2) is 24.0 Å². The fourth-order valence-corrected chi connectivity index (χ4v) is 2.58. The maximum absolute atomic E-state index is 12.9. The Morgan fingerprint density at radius 1 is 1.00 bits per heavy atom. The van der Waals surface area contributed by atoms with E-state index in [2.05, 4.69) is 20.9 Å². The largest absolute Gasteiger partial charge is 0.417 e. The molecule has 0 saturated heterocycles. The minimum atomic E-state index is -4.64. The summed E-state index contributed by atoms with van der Waals surface area (Å²) in [7, 11) is 0. The number of aromatic nitrogens is 1. The summed E-state index contributed by atoms with van der Waals surface area (Å²) in [5.74, 6) is -0.796. The summed E-state index contributed by atoms with van der Waals surface area (Å²) in [5.41, 5.74) is -2.04. The van der Waals surface area contributed by atoms with E-state index in [4.69, 9.17) is 16.9 Å². The number of amides is 1. The second-order valence-electron chi connectivity index (χ2n) is 6.05. The number of hydrogen-bond acceptors (Lipinski definition) is 5. The zero-order chi connectivity index (χ0) is 23.2. The van der Waals surface area contributed by atoms with Gasteiger partial charge in [-0.25, -0.2) is 4.98 Å². The summed E-state index contributed by atoms with van der Waals surface area (Å²) in [6.07, 6.45) is -9.17. The van der Waals surface area contributed by atoms with Crippen molar-refractivity contribution in [2.75, 3.05) is 29.0 Å². The van der Waals surface area contributed by atoms with Crippen molar-refractivity contribution in [2.24, 2.45) is 0 Å². The molecule has 0 saturated carbocycles. The van der Waals surface area contributed by atoms with Crippen LogP contribution < -0.4 is 16.0 Å². The Balaban J connectivity index is 2.06. The molecule has 6 nitrogen and oxygen atoms in total. The summed E-state index contributed by atoms with van der Waals surface area (Å²) in [6, 6.07) is 4.93. The fraction of sp³-hybridized carbons (Fsp3) is 0.278. The van der Waals surface area contributed by atoms with Crippen LogP contribution in [0.25, 0.3) is 0 Å².